The van der Waals surface area contributed by atoms with Gasteiger partial charge in [-0.1, -0.05) is 0 Å². The van der Waals surface area contributed by atoms with Crippen molar-refractivity contribution in [2.24, 2.45) is 0 Å². The van der Waals surface area contributed by atoms with Crippen LogP contribution in [-0.2, 0) is 14.3 Å². The molecule has 0 aliphatic heterocycles. The Morgan fingerprint density at radius 2 is 1.86 bits per heavy atom. The Bertz CT molecular complexity index is 223. The topological polar surface area (TPSA) is 35.5 Å². The van der Waals surface area contributed by atoms with Crippen LogP contribution in [0.15, 0.2) is 11.8 Å². The predicted octanol–water partition coefficient (Wildman–Crippen LogP) is 2.46. The van der Waals surface area contributed by atoms with E-state index in [-0.39, 0.29) is 13.2 Å². The second-order valence-corrected chi connectivity index (χ2v) is 3.19. The lowest BCUT2D eigenvalue weighted by atomic mass is 10.4. The first-order chi connectivity index (χ1) is 6.41. The summed E-state index contributed by atoms with van der Waals surface area (Å²) in [6.07, 6.45) is 0.627. The zero-order valence-electron chi connectivity index (χ0n) is 7.85. The normalized spacial score (nSPS) is 12.5. The molecule has 0 radical (unpaired) electrons. The van der Waals surface area contributed by atoms with Crippen LogP contribution in [0.4, 0.5) is 8.78 Å². The van der Waals surface area contributed by atoms with Crippen molar-refractivity contribution >= 4 is 21.9 Å². The molecule has 0 atom stereocenters. The Kier molecular flexibility index (Phi) is 5.68. The summed E-state index contributed by atoms with van der Waals surface area (Å²) in [6, 6.07) is 0. The maximum absolute atomic E-state index is 12.7. The van der Waals surface area contributed by atoms with Crippen LogP contribution >= 0.6 is 15.9 Å². The van der Waals surface area contributed by atoms with Crippen LogP contribution in [0.3, 0.4) is 0 Å². The maximum atomic E-state index is 12.7. The van der Waals surface area contributed by atoms with Crippen molar-refractivity contribution in [3.63, 3.8) is 0 Å². The van der Waals surface area contributed by atoms with Crippen LogP contribution < -0.4 is 0 Å². The summed E-state index contributed by atoms with van der Waals surface area (Å²) in [5.41, 5.74) is 0. The van der Waals surface area contributed by atoms with Gasteiger partial charge < -0.3 is 9.47 Å². The zero-order chi connectivity index (χ0) is 11.2. The highest BCUT2D eigenvalue weighted by Gasteiger charge is 2.33. The minimum absolute atomic E-state index is 0.0480. The molecule has 0 bridgehead atoms. The lowest BCUT2D eigenvalue weighted by molar-refractivity contribution is -0.137. The van der Waals surface area contributed by atoms with E-state index in [1.54, 1.807) is 6.92 Å². The lowest BCUT2D eigenvalue weighted by Crippen LogP contribution is -2.15. The molecule has 6 heteroatoms. The molecule has 0 aromatic carbocycles. The molecule has 0 N–H and O–H groups in total. The molecule has 0 amide bonds. The Labute approximate surface area is 89.2 Å². The summed E-state index contributed by atoms with van der Waals surface area (Å²) in [6.45, 7) is 3.30. The van der Waals surface area contributed by atoms with Gasteiger partial charge in [0, 0.05) is 0 Å². The fourth-order valence-electron chi connectivity index (χ4n) is 0.652. The number of ether oxygens (including phenoxy) is 2. The van der Waals surface area contributed by atoms with Gasteiger partial charge in [0.1, 0.15) is 0 Å². The third-order valence-corrected chi connectivity index (χ3v) is 1.51. The average Bonchev–Trinajstić information content (AvgIpc) is 2.02. The molecule has 3 nitrogen and oxygen atoms in total. The van der Waals surface area contributed by atoms with Gasteiger partial charge in [0.15, 0.2) is 5.76 Å². The minimum Gasteiger partial charge on any atom is -0.491 e. The molecule has 0 saturated carbocycles. The summed E-state index contributed by atoms with van der Waals surface area (Å²) < 4.78 is 34.4. The van der Waals surface area contributed by atoms with Gasteiger partial charge in [-0.15, -0.1) is 0 Å². The van der Waals surface area contributed by atoms with E-state index in [9.17, 15) is 13.6 Å². The molecular formula is C8H11BrF2O3. The minimum atomic E-state index is -3.35. The van der Waals surface area contributed by atoms with E-state index < -0.39 is 16.6 Å². The van der Waals surface area contributed by atoms with Crippen molar-refractivity contribution in [2.45, 2.75) is 18.7 Å². The van der Waals surface area contributed by atoms with Gasteiger partial charge in [-0.25, -0.2) is 4.79 Å². The van der Waals surface area contributed by atoms with E-state index in [2.05, 4.69) is 25.4 Å². The highest BCUT2D eigenvalue weighted by atomic mass is 79.9. The number of alkyl halides is 3. The number of hydrogen-bond acceptors (Lipinski definition) is 3. The Balaban J connectivity index is 4.56. The molecule has 0 unspecified atom stereocenters. The molecule has 0 aromatic heterocycles. The maximum Gasteiger partial charge on any atom is 0.357 e. The van der Waals surface area contributed by atoms with Crippen LogP contribution in [-0.4, -0.2) is 24.0 Å². The van der Waals surface area contributed by atoms with Gasteiger partial charge in [-0.3, -0.25) is 0 Å². The lowest BCUT2D eigenvalue weighted by Gasteiger charge is -2.13. The highest BCUT2D eigenvalue weighted by molar-refractivity contribution is 9.10. The van der Waals surface area contributed by atoms with E-state index >= 15 is 0 Å². The first-order valence-corrected chi connectivity index (χ1v) is 4.79. The van der Waals surface area contributed by atoms with Crippen LogP contribution in [0.5, 0.6) is 0 Å². The van der Waals surface area contributed by atoms with Gasteiger partial charge in [0.25, 0.3) is 0 Å². The number of carbonyl (C=O) groups excluding carboxylic acids is 1. The van der Waals surface area contributed by atoms with Crippen molar-refractivity contribution in [2.75, 3.05) is 13.2 Å². The Morgan fingerprint density at radius 1 is 1.36 bits per heavy atom. The van der Waals surface area contributed by atoms with E-state index in [1.807, 2.05) is 0 Å². The number of hydrogen-bond donors (Lipinski definition) is 0. The number of halogens is 3. The smallest absolute Gasteiger partial charge is 0.357 e. The van der Waals surface area contributed by atoms with E-state index in [4.69, 9.17) is 0 Å². The van der Waals surface area contributed by atoms with Crippen molar-refractivity contribution in [1.82, 2.24) is 0 Å². The third kappa shape index (κ3) is 5.16. The van der Waals surface area contributed by atoms with Gasteiger partial charge in [-0.2, -0.15) is 8.78 Å². The van der Waals surface area contributed by atoms with Crippen molar-refractivity contribution in [3.8, 4) is 0 Å². The second-order valence-electron chi connectivity index (χ2n) is 2.19. The molecule has 82 valence electrons. The van der Waals surface area contributed by atoms with Crippen LogP contribution in [0.25, 0.3) is 0 Å². The second kappa shape index (κ2) is 5.95. The predicted molar refractivity (Wildman–Crippen MR) is 50.2 cm³/mol. The summed E-state index contributed by atoms with van der Waals surface area (Å²) in [4.78, 5) is 7.49. The molecule has 0 aromatic rings. The first kappa shape index (κ1) is 13.4. The first-order valence-electron chi connectivity index (χ1n) is 4.00. The number of carbonyl (C=O) groups is 1. The average molecular weight is 273 g/mol. The van der Waals surface area contributed by atoms with Crippen LogP contribution in [0, 0.1) is 0 Å². The van der Waals surface area contributed by atoms with Crippen LogP contribution in [0.1, 0.15) is 13.8 Å². The molecule has 0 rings (SSSR count). The quantitative estimate of drug-likeness (QED) is 0.334. The summed E-state index contributed by atoms with van der Waals surface area (Å²) in [5.74, 6) is -1.60. The van der Waals surface area contributed by atoms with Gasteiger partial charge in [-0.05, 0) is 29.8 Å². The monoisotopic (exact) mass is 272 g/mol. The SMILES string of the molecule is CCOC(=O)/C=C(\OCC)C(F)(F)Br. The largest absolute Gasteiger partial charge is 0.491 e. The van der Waals surface area contributed by atoms with E-state index in [0.29, 0.717) is 6.08 Å². The van der Waals surface area contributed by atoms with Gasteiger partial charge >= 0.3 is 10.8 Å². The molecule has 0 spiro atoms. The molecule has 0 saturated heterocycles. The summed E-state index contributed by atoms with van der Waals surface area (Å²) in [7, 11) is 0. The van der Waals surface area contributed by atoms with E-state index in [0.717, 1.165) is 0 Å². The van der Waals surface area contributed by atoms with Crippen molar-refractivity contribution in [3.05, 3.63) is 11.8 Å². The zero-order valence-corrected chi connectivity index (χ0v) is 9.44. The molecule has 14 heavy (non-hydrogen) atoms. The van der Waals surface area contributed by atoms with Crippen molar-refractivity contribution < 1.29 is 23.0 Å². The van der Waals surface area contributed by atoms with E-state index in [1.165, 1.54) is 6.92 Å². The molecule has 0 heterocycles. The number of allylic oxidation sites excluding steroid dienone is 1. The molecule has 0 aliphatic carbocycles. The van der Waals surface area contributed by atoms with Crippen LogP contribution in [0.2, 0.25) is 0 Å². The molecule has 0 fully saturated rings. The summed E-state index contributed by atoms with van der Waals surface area (Å²) in [5, 5.41) is 0. The number of esters is 1. The third-order valence-electron chi connectivity index (χ3n) is 1.11. The number of rotatable bonds is 5. The van der Waals surface area contributed by atoms with Crippen molar-refractivity contribution in [1.29, 1.82) is 0 Å². The standard InChI is InChI=1S/C8H11BrF2O3/c1-3-13-6(8(9,10)11)5-7(12)14-4-2/h5H,3-4H2,1-2H3/b6-5-. The van der Waals surface area contributed by atoms with Gasteiger partial charge in [0.05, 0.1) is 19.3 Å². The Morgan fingerprint density at radius 3 is 2.21 bits per heavy atom. The summed E-state index contributed by atoms with van der Waals surface area (Å²) >= 11 is 2.09. The fraction of sp³-hybridized carbons (Fsp3) is 0.625. The fourth-order valence-corrected chi connectivity index (χ4v) is 0.881. The van der Waals surface area contributed by atoms with Gasteiger partial charge in [0.2, 0.25) is 0 Å². The molecular weight excluding hydrogens is 262 g/mol. The highest BCUT2D eigenvalue weighted by Crippen LogP contribution is 2.31. The molecule has 0 aliphatic rings. The Hall–Kier alpha value is -0.650.